The van der Waals surface area contributed by atoms with E-state index < -0.39 is 29.9 Å². The number of hydrogen-bond acceptors (Lipinski definition) is 7. The van der Waals surface area contributed by atoms with Gasteiger partial charge < -0.3 is 24.8 Å². The summed E-state index contributed by atoms with van der Waals surface area (Å²) >= 11 is 1.27. The fourth-order valence-corrected chi connectivity index (χ4v) is 3.60. The smallest absolute Gasteiger partial charge is 0.308 e. The number of aliphatic hydroxyl groups is 3. The van der Waals surface area contributed by atoms with Crippen molar-refractivity contribution in [3.63, 3.8) is 0 Å². The van der Waals surface area contributed by atoms with Gasteiger partial charge in [0.2, 0.25) is 0 Å². The Labute approximate surface area is 152 Å². The molecule has 3 N–H and O–H groups in total. The molecule has 25 heavy (non-hydrogen) atoms. The van der Waals surface area contributed by atoms with Crippen LogP contribution in [-0.2, 0) is 14.3 Å². The molecule has 1 saturated heterocycles. The summed E-state index contributed by atoms with van der Waals surface area (Å²) in [4.78, 5) is 12.7. The van der Waals surface area contributed by atoms with Crippen molar-refractivity contribution in [2.75, 3.05) is 6.61 Å². The molecule has 0 aromatic heterocycles. The Morgan fingerprint density at radius 2 is 1.92 bits per heavy atom. The Hall–Kier alpha value is -1.12. The molecule has 1 fully saturated rings. The Balaban J connectivity index is 2.04. The maximum atomic E-state index is 11.8. The maximum Gasteiger partial charge on any atom is 0.308 e. The zero-order chi connectivity index (χ0) is 18.6. The molecule has 1 aliphatic rings. The number of hydrogen-bond donors (Lipinski definition) is 3. The van der Waals surface area contributed by atoms with E-state index in [0.29, 0.717) is 6.42 Å². The highest BCUT2D eigenvalue weighted by Crippen LogP contribution is 2.34. The molecule has 0 aliphatic carbocycles. The van der Waals surface area contributed by atoms with Crippen LogP contribution >= 0.6 is 11.8 Å². The fraction of sp³-hybridized carbons (Fsp3) is 0.611. The number of aryl methyl sites for hydroxylation is 1. The highest BCUT2D eigenvalue weighted by Gasteiger charge is 2.44. The van der Waals surface area contributed by atoms with Crippen molar-refractivity contribution in [3.05, 3.63) is 29.8 Å². The second-order valence-corrected chi connectivity index (χ2v) is 7.48. The minimum atomic E-state index is -1.37. The average molecular weight is 370 g/mol. The van der Waals surface area contributed by atoms with Gasteiger partial charge in [0.25, 0.3) is 0 Å². The summed E-state index contributed by atoms with van der Waals surface area (Å²) in [5.41, 5.74) is 0.246. The van der Waals surface area contributed by atoms with Crippen molar-refractivity contribution < 1.29 is 29.6 Å². The van der Waals surface area contributed by atoms with Crippen LogP contribution in [0, 0.1) is 12.8 Å². The molecule has 0 bridgehead atoms. The van der Waals surface area contributed by atoms with Crippen LogP contribution in [0.5, 0.6) is 0 Å². The molecule has 1 aliphatic heterocycles. The first-order valence-corrected chi connectivity index (χ1v) is 9.31. The SMILES string of the molecule is CCC(C)C(=O)OC[C@H]1O[C@@H](Sc2ccccc2C)[C@H](O)[C@@H](O)[C@@H]1O. The zero-order valence-corrected chi connectivity index (χ0v) is 15.5. The summed E-state index contributed by atoms with van der Waals surface area (Å²) in [6.07, 6.45) is -4.19. The monoisotopic (exact) mass is 370 g/mol. The van der Waals surface area contributed by atoms with Crippen LogP contribution in [0.15, 0.2) is 29.2 Å². The minimum absolute atomic E-state index is 0.168. The van der Waals surface area contributed by atoms with Gasteiger partial charge in [-0.1, -0.05) is 43.8 Å². The molecule has 6 nitrogen and oxygen atoms in total. The molecule has 140 valence electrons. The Bertz CT molecular complexity index is 580. The van der Waals surface area contributed by atoms with E-state index in [9.17, 15) is 20.1 Å². The third-order valence-corrected chi connectivity index (χ3v) is 5.74. The van der Waals surface area contributed by atoms with Crippen LogP contribution in [0.1, 0.15) is 25.8 Å². The number of carbonyl (C=O) groups is 1. The summed E-state index contributed by atoms with van der Waals surface area (Å²) in [6, 6.07) is 7.62. The Morgan fingerprint density at radius 3 is 2.56 bits per heavy atom. The van der Waals surface area contributed by atoms with Gasteiger partial charge in [-0.25, -0.2) is 0 Å². The lowest BCUT2D eigenvalue weighted by molar-refractivity contribution is -0.211. The number of ether oxygens (including phenoxy) is 2. The highest BCUT2D eigenvalue weighted by molar-refractivity contribution is 7.99. The van der Waals surface area contributed by atoms with Crippen molar-refractivity contribution in [2.24, 2.45) is 5.92 Å². The molecular weight excluding hydrogens is 344 g/mol. The third-order valence-electron chi connectivity index (χ3n) is 4.41. The third kappa shape index (κ3) is 4.95. The molecule has 0 radical (unpaired) electrons. The number of benzene rings is 1. The number of thioether (sulfide) groups is 1. The van der Waals surface area contributed by atoms with Gasteiger partial charge in [-0.3, -0.25) is 4.79 Å². The highest BCUT2D eigenvalue weighted by atomic mass is 32.2. The lowest BCUT2D eigenvalue weighted by Crippen LogP contribution is -2.57. The van der Waals surface area contributed by atoms with Crippen LogP contribution < -0.4 is 0 Å². The molecule has 2 rings (SSSR count). The molecule has 0 saturated carbocycles. The molecule has 1 aromatic rings. The molecule has 1 aromatic carbocycles. The summed E-state index contributed by atoms with van der Waals surface area (Å²) in [7, 11) is 0. The van der Waals surface area contributed by atoms with E-state index in [4.69, 9.17) is 9.47 Å². The lowest BCUT2D eigenvalue weighted by Gasteiger charge is -2.40. The second-order valence-electron chi connectivity index (χ2n) is 6.34. The second kappa shape index (κ2) is 9.00. The van der Waals surface area contributed by atoms with E-state index in [2.05, 4.69) is 0 Å². The van der Waals surface area contributed by atoms with Gasteiger partial charge in [0.05, 0.1) is 5.92 Å². The van der Waals surface area contributed by atoms with Crippen LogP contribution in [0.2, 0.25) is 0 Å². The largest absolute Gasteiger partial charge is 0.463 e. The predicted octanol–water partition coefficient (Wildman–Crippen LogP) is 1.48. The van der Waals surface area contributed by atoms with Crippen LogP contribution in [0.3, 0.4) is 0 Å². The van der Waals surface area contributed by atoms with Crippen LogP contribution in [0.4, 0.5) is 0 Å². The fourth-order valence-electron chi connectivity index (χ4n) is 2.44. The molecule has 6 atom stereocenters. The Kier molecular flexibility index (Phi) is 7.27. The first kappa shape index (κ1) is 20.2. The predicted molar refractivity (Wildman–Crippen MR) is 94.1 cm³/mol. The van der Waals surface area contributed by atoms with E-state index >= 15 is 0 Å². The van der Waals surface area contributed by atoms with Gasteiger partial charge in [0.1, 0.15) is 36.5 Å². The number of rotatable bonds is 6. The summed E-state index contributed by atoms with van der Waals surface area (Å²) in [6.45, 7) is 5.41. The number of aliphatic hydroxyl groups excluding tert-OH is 3. The lowest BCUT2D eigenvalue weighted by atomic mass is 10.0. The topological polar surface area (TPSA) is 96.2 Å². The maximum absolute atomic E-state index is 11.8. The average Bonchev–Trinajstić information content (AvgIpc) is 2.61. The van der Waals surface area contributed by atoms with E-state index in [1.54, 1.807) is 6.92 Å². The summed E-state index contributed by atoms with van der Waals surface area (Å²) in [5.74, 6) is -0.615. The van der Waals surface area contributed by atoms with Crippen molar-refractivity contribution in [1.82, 2.24) is 0 Å². The van der Waals surface area contributed by atoms with Gasteiger partial charge in [-0.15, -0.1) is 0 Å². The van der Waals surface area contributed by atoms with E-state index in [0.717, 1.165) is 10.5 Å². The van der Waals surface area contributed by atoms with Gasteiger partial charge in [0, 0.05) is 4.90 Å². The zero-order valence-electron chi connectivity index (χ0n) is 14.7. The molecule has 1 heterocycles. The molecule has 0 amide bonds. The van der Waals surface area contributed by atoms with Crippen LogP contribution in [0.25, 0.3) is 0 Å². The molecule has 7 heteroatoms. The van der Waals surface area contributed by atoms with Gasteiger partial charge >= 0.3 is 5.97 Å². The number of carbonyl (C=O) groups excluding carboxylic acids is 1. The van der Waals surface area contributed by atoms with E-state index in [1.807, 2.05) is 38.1 Å². The summed E-state index contributed by atoms with van der Waals surface area (Å²) < 4.78 is 10.9. The van der Waals surface area contributed by atoms with Gasteiger partial charge in [0.15, 0.2) is 0 Å². The molecular formula is C18H26O6S. The first-order valence-electron chi connectivity index (χ1n) is 8.43. The van der Waals surface area contributed by atoms with Gasteiger partial charge in [-0.2, -0.15) is 0 Å². The minimum Gasteiger partial charge on any atom is -0.463 e. The standard InChI is InChI=1S/C18H26O6S/c1-4-10(2)17(22)23-9-12-14(19)15(20)16(21)18(24-12)25-13-8-6-5-7-11(13)3/h5-8,10,12,14-16,18-21H,4,9H2,1-3H3/t10?,12-,14-,15+,16-,18+/m1/s1. The van der Waals surface area contributed by atoms with E-state index in [1.165, 1.54) is 11.8 Å². The van der Waals surface area contributed by atoms with Crippen molar-refractivity contribution >= 4 is 17.7 Å². The summed E-state index contributed by atoms with van der Waals surface area (Å²) in [5, 5.41) is 30.5. The van der Waals surface area contributed by atoms with Crippen molar-refractivity contribution in [1.29, 1.82) is 0 Å². The molecule has 0 spiro atoms. The van der Waals surface area contributed by atoms with Crippen molar-refractivity contribution in [2.45, 2.75) is 61.9 Å². The quantitative estimate of drug-likeness (QED) is 0.653. The van der Waals surface area contributed by atoms with Crippen molar-refractivity contribution in [3.8, 4) is 0 Å². The van der Waals surface area contributed by atoms with E-state index in [-0.39, 0.29) is 18.5 Å². The van der Waals surface area contributed by atoms with Gasteiger partial charge in [-0.05, 0) is 25.0 Å². The Morgan fingerprint density at radius 1 is 1.24 bits per heavy atom. The normalized spacial score (nSPS) is 30.7. The first-order chi connectivity index (χ1) is 11.8. The number of esters is 1. The van der Waals surface area contributed by atoms with Crippen LogP contribution in [-0.4, -0.2) is 57.7 Å². The molecule has 1 unspecified atom stereocenters.